The summed E-state index contributed by atoms with van der Waals surface area (Å²) in [4.78, 5) is 14.5. The van der Waals surface area contributed by atoms with Crippen LogP contribution in [0.15, 0.2) is 48.5 Å². The summed E-state index contributed by atoms with van der Waals surface area (Å²) in [7, 11) is 0. The minimum Gasteiger partial charge on any atom is -0.462 e. The van der Waals surface area contributed by atoms with Gasteiger partial charge in [0.25, 0.3) is 0 Å². The predicted octanol–water partition coefficient (Wildman–Crippen LogP) is 3.52. The van der Waals surface area contributed by atoms with Crippen molar-refractivity contribution in [3.63, 3.8) is 0 Å². The molecular weight excluding hydrogens is 326 g/mol. The van der Waals surface area contributed by atoms with Crippen LogP contribution in [0.5, 0.6) is 0 Å². The molecule has 1 fully saturated rings. The SMILES string of the molecule is CCOC(=O)c1cc(NC2CCCN(Cc3ccccc3)C2)ccc1N. The second kappa shape index (κ2) is 8.72. The largest absolute Gasteiger partial charge is 0.462 e. The van der Waals surface area contributed by atoms with E-state index >= 15 is 0 Å². The van der Waals surface area contributed by atoms with Crippen molar-refractivity contribution in [3.05, 3.63) is 59.7 Å². The van der Waals surface area contributed by atoms with Gasteiger partial charge in [0.1, 0.15) is 0 Å². The number of esters is 1. The summed E-state index contributed by atoms with van der Waals surface area (Å²) in [6.07, 6.45) is 2.27. The first kappa shape index (κ1) is 18.3. The molecule has 5 heteroatoms. The van der Waals surface area contributed by atoms with E-state index in [0.29, 0.717) is 23.9 Å². The molecule has 26 heavy (non-hydrogen) atoms. The highest BCUT2D eigenvalue weighted by Crippen LogP contribution is 2.22. The molecule has 1 saturated heterocycles. The summed E-state index contributed by atoms with van der Waals surface area (Å²) in [5, 5.41) is 3.56. The van der Waals surface area contributed by atoms with Gasteiger partial charge in [0, 0.05) is 30.5 Å². The third kappa shape index (κ3) is 4.76. The number of piperidine rings is 1. The number of rotatable bonds is 6. The number of ether oxygens (including phenoxy) is 1. The minimum absolute atomic E-state index is 0.340. The molecule has 1 heterocycles. The molecule has 3 rings (SSSR count). The zero-order chi connectivity index (χ0) is 18.4. The number of nitrogen functional groups attached to an aromatic ring is 1. The lowest BCUT2D eigenvalue weighted by molar-refractivity contribution is 0.0527. The molecule has 1 aliphatic rings. The van der Waals surface area contributed by atoms with Gasteiger partial charge < -0.3 is 15.8 Å². The fourth-order valence-corrected chi connectivity index (χ4v) is 3.43. The summed E-state index contributed by atoms with van der Waals surface area (Å²) in [5.74, 6) is -0.372. The Morgan fingerprint density at radius 3 is 2.85 bits per heavy atom. The van der Waals surface area contributed by atoms with Gasteiger partial charge >= 0.3 is 5.97 Å². The first-order valence-electron chi connectivity index (χ1n) is 9.25. The van der Waals surface area contributed by atoms with Gasteiger partial charge in [-0.15, -0.1) is 0 Å². The second-order valence-corrected chi connectivity index (χ2v) is 6.73. The maximum atomic E-state index is 12.0. The number of benzene rings is 2. The van der Waals surface area contributed by atoms with E-state index in [1.807, 2.05) is 12.1 Å². The lowest BCUT2D eigenvalue weighted by Crippen LogP contribution is -2.41. The molecule has 0 aliphatic carbocycles. The van der Waals surface area contributed by atoms with E-state index < -0.39 is 0 Å². The number of hydrogen-bond acceptors (Lipinski definition) is 5. The standard InChI is InChI=1S/C21H27N3O2/c1-2-26-21(25)19-13-17(10-11-20(19)22)23-18-9-6-12-24(15-18)14-16-7-4-3-5-8-16/h3-5,7-8,10-11,13,18,23H,2,6,9,12,14-15,22H2,1H3. The average molecular weight is 353 g/mol. The first-order valence-corrected chi connectivity index (χ1v) is 9.25. The van der Waals surface area contributed by atoms with Gasteiger partial charge in [0.2, 0.25) is 0 Å². The van der Waals surface area contributed by atoms with Crippen LogP contribution >= 0.6 is 0 Å². The fourth-order valence-electron chi connectivity index (χ4n) is 3.43. The smallest absolute Gasteiger partial charge is 0.340 e. The summed E-state index contributed by atoms with van der Waals surface area (Å²) in [6, 6.07) is 16.4. The molecule has 2 aromatic rings. The van der Waals surface area contributed by atoms with Gasteiger partial charge in [-0.3, -0.25) is 4.90 Å². The Kier molecular flexibility index (Phi) is 6.12. The fraction of sp³-hybridized carbons (Fsp3) is 0.381. The number of anilines is 2. The Hall–Kier alpha value is -2.53. The van der Waals surface area contributed by atoms with E-state index in [1.54, 1.807) is 19.1 Å². The lowest BCUT2D eigenvalue weighted by atomic mass is 10.0. The van der Waals surface area contributed by atoms with Crippen LogP contribution in [0.25, 0.3) is 0 Å². The second-order valence-electron chi connectivity index (χ2n) is 6.73. The van der Waals surface area contributed by atoms with Crippen LogP contribution in [-0.4, -0.2) is 36.6 Å². The van der Waals surface area contributed by atoms with E-state index in [2.05, 4.69) is 34.5 Å². The molecule has 1 unspecified atom stereocenters. The molecule has 1 aliphatic heterocycles. The summed E-state index contributed by atoms with van der Waals surface area (Å²) in [5.41, 5.74) is 9.05. The van der Waals surface area contributed by atoms with Crippen molar-refractivity contribution in [1.82, 2.24) is 4.90 Å². The normalized spacial score (nSPS) is 17.7. The molecule has 0 bridgehead atoms. The van der Waals surface area contributed by atoms with Gasteiger partial charge in [0.05, 0.1) is 12.2 Å². The highest BCUT2D eigenvalue weighted by atomic mass is 16.5. The summed E-state index contributed by atoms with van der Waals surface area (Å²) >= 11 is 0. The Bertz CT molecular complexity index is 733. The molecule has 1 atom stereocenters. The lowest BCUT2D eigenvalue weighted by Gasteiger charge is -2.33. The van der Waals surface area contributed by atoms with Crippen molar-refractivity contribution in [1.29, 1.82) is 0 Å². The van der Waals surface area contributed by atoms with Gasteiger partial charge in [-0.25, -0.2) is 4.79 Å². The Morgan fingerprint density at radius 2 is 2.08 bits per heavy atom. The quantitative estimate of drug-likeness (QED) is 0.614. The van der Waals surface area contributed by atoms with E-state index in [1.165, 1.54) is 5.56 Å². The van der Waals surface area contributed by atoms with Crippen molar-refractivity contribution in [2.75, 3.05) is 30.7 Å². The van der Waals surface area contributed by atoms with Crippen molar-refractivity contribution >= 4 is 17.3 Å². The molecular formula is C21H27N3O2. The summed E-state index contributed by atoms with van der Waals surface area (Å²) < 4.78 is 5.08. The van der Waals surface area contributed by atoms with E-state index in [-0.39, 0.29) is 5.97 Å². The number of nitrogens with two attached hydrogens (primary N) is 1. The van der Waals surface area contributed by atoms with Crippen molar-refractivity contribution in [2.45, 2.75) is 32.4 Å². The van der Waals surface area contributed by atoms with E-state index in [0.717, 1.165) is 38.2 Å². The predicted molar refractivity (Wildman–Crippen MR) is 105 cm³/mol. The van der Waals surface area contributed by atoms with Crippen LogP contribution in [0.2, 0.25) is 0 Å². The number of hydrogen-bond donors (Lipinski definition) is 2. The van der Waals surface area contributed by atoms with Crippen molar-refractivity contribution < 1.29 is 9.53 Å². The van der Waals surface area contributed by atoms with Crippen molar-refractivity contribution in [2.24, 2.45) is 0 Å². The Morgan fingerprint density at radius 1 is 1.27 bits per heavy atom. The topological polar surface area (TPSA) is 67.6 Å². The molecule has 3 N–H and O–H groups in total. The van der Waals surface area contributed by atoms with E-state index in [9.17, 15) is 4.79 Å². The first-order chi connectivity index (χ1) is 12.7. The van der Waals surface area contributed by atoms with Gasteiger partial charge in [-0.2, -0.15) is 0 Å². The van der Waals surface area contributed by atoms with Gasteiger partial charge in [-0.05, 0) is 50.1 Å². The van der Waals surface area contributed by atoms with Crippen LogP contribution in [-0.2, 0) is 11.3 Å². The monoisotopic (exact) mass is 353 g/mol. The van der Waals surface area contributed by atoms with Crippen LogP contribution in [0.3, 0.4) is 0 Å². The molecule has 0 spiro atoms. The minimum atomic E-state index is -0.372. The molecule has 0 aromatic heterocycles. The van der Waals surface area contributed by atoms with Gasteiger partial charge in [-0.1, -0.05) is 30.3 Å². The number of nitrogens with zero attached hydrogens (tertiary/aromatic N) is 1. The number of nitrogens with one attached hydrogen (secondary N) is 1. The average Bonchev–Trinajstić information content (AvgIpc) is 2.65. The molecule has 138 valence electrons. The number of carbonyl (C=O) groups is 1. The third-order valence-corrected chi connectivity index (χ3v) is 4.67. The highest BCUT2D eigenvalue weighted by molar-refractivity contribution is 5.96. The number of carbonyl (C=O) groups excluding carboxylic acids is 1. The van der Waals surface area contributed by atoms with E-state index in [4.69, 9.17) is 10.5 Å². The zero-order valence-electron chi connectivity index (χ0n) is 15.3. The maximum absolute atomic E-state index is 12.0. The third-order valence-electron chi connectivity index (χ3n) is 4.67. The summed E-state index contributed by atoms with van der Waals surface area (Å²) in [6.45, 7) is 5.19. The Labute approximate surface area is 155 Å². The molecule has 5 nitrogen and oxygen atoms in total. The molecule has 0 radical (unpaired) electrons. The Balaban J connectivity index is 1.63. The maximum Gasteiger partial charge on any atom is 0.340 e. The van der Waals surface area contributed by atoms with Crippen LogP contribution in [0.1, 0.15) is 35.7 Å². The van der Waals surface area contributed by atoms with Crippen LogP contribution in [0.4, 0.5) is 11.4 Å². The van der Waals surface area contributed by atoms with Crippen molar-refractivity contribution in [3.8, 4) is 0 Å². The molecule has 2 aromatic carbocycles. The zero-order valence-corrected chi connectivity index (χ0v) is 15.3. The molecule has 0 saturated carbocycles. The molecule has 0 amide bonds. The number of likely N-dealkylation sites (tertiary alicyclic amines) is 1. The highest BCUT2D eigenvalue weighted by Gasteiger charge is 2.20. The van der Waals surface area contributed by atoms with Crippen LogP contribution < -0.4 is 11.1 Å². The van der Waals surface area contributed by atoms with Crippen LogP contribution in [0, 0.1) is 0 Å². The van der Waals surface area contributed by atoms with Gasteiger partial charge in [0.15, 0.2) is 0 Å².